The predicted molar refractivity (Wildman–Crippen MR) is 98.6 cm³/mol. The second-order valence-corrected chi connectivity index (χ2v) is 6.28. The smallest absolute Gasteiger partial charge is 0.251 e. The summed E-state index contributed by atoms with van der Waals surface area (Å²) >= 11 is 0. The summed E-state index contributed by atoms with van der Waals surface area (Å²) in [4.78, 5) is 26.5. The zero-order chi connectivity index (χ0) is 17.2. The lowest BCUT2D eigenvalue weighted by atomic mass is 10.1. The van der Waals surface area contributed by atoms with Crippen LogP contribution in [-0.2, 0) is 4.79 Å². The minimum absolute atomic E-state index is 0.0370. The predicted octanol–water partition coefficient (Wildman–Crippen LogP) is 3.38. The van der Waals surface area contributed by atoms with Crippen molar-refractivity contribution in [3.05, 3.63) is 78.4 Å². The van der Waals surface area contributed by atoms with Gasteiger partial charge in [-0.05, 0) is 35.0 Å². The zero-order valence-electron chi connectivity index (χ0n) is 13.7. The molecular weight excluding hydrogens is 312 g/mol. The lowest BCUT2D eigenvalue weighted by Crippen LogP contribution is -2.37. The number of para-hydroxylation sites is 1. The zero-order valence-corrected chi connectivity index (χ0v) is 13.7. The monoisotopic (exact) mass is 330 g/mol. The minimum Gasteiger partial charge on any atom is -0.347 e. The average Bonchev–Trinajstić information content (AvgIpc) is 3.02. The van der Waals surface area contributed by atoms with E-state index in [0.29, 0.717) is 18.5 Å². The molecule has 1 heterocycles. The van der Waals surface area contributed by atoms with Crippen molar-refractivity contribution in [3.8, 4) is 0 Å². The number of amides is 2. The van der Waals surface area contributed by atoms with Gasteiger partial charge in [-0.15, -0.1) is 0 Å². The molecule has 1 aliphatic rings. The van der Waals surface area contributed by atoms with Crippen LogP contribution >= 0.6 is 0 Å². The Morgan fingerprint density at radius 1 is 0.920 bits per heavy atom. The molecule has 3 aromatic rings. The minimum atomic E-state index is -0.174. The summed E-state index contributed by atoms with van der Waals surface area (Å²) in [6, 6.07) is 23.0. The molecule has 0 aromatic heterocycles. The van der Waals surface area contributed by atoms with Gasteiger partial charge in [-0.1, -0.05) is 48.5 Å². The number of nitrogens with one attached hydrogen (secondary N) is 1. The third-order valence-electron chi connectivity index (χ3n) is 4.54. The third kappa shape index (κ3) is 3.11. The summed E-state index contributed by atoms with van der Waals surface area (Å²) < 4.78 is 0. The molecular formula is C21H18N2O2. The molecule has 3 aromatic carbocycles. The fourth-order valence-corrected chi connectivity index (χ4v) is 3.26. The molecule has 25 heavy (non-hydrogen) atoms. The topological polar surface area (TPSA) is 49.4 Å². The summed E-state index contributed by atoms with van der Waals surface area (Å²) in [5.74, 6) is -0.103. The van der Waals surface area contributed by atoms with Gasteiger partial charge in [-0.3, -0.25) is 9.59 Å². The Kier molecular flexibility index (Phi) is 3.94. The number of benzene rings is 3. The van der Waals surface area contributed by atoms with Crippen LogP contribution in [0.3, 0.4) is 0 Å². The van der Waals surface area contributed by atoms with Crippen LogP contribution in [0.2, 0.25) is 0 Å². The van der Waals surface area contributed by atoms with E-state index in [4.69, 9.17) is 0 Å². The van der Waals surface area contributed by atoms with Gasteiger partial charge in [-0.25, -0.2) is 0 Å². The van der Waals surface area contributed by atoms with E-state index in [0.717, 1.165) is 16.5 Å². The van der Waals surface area contributed by atoms with Gasteiger partial charge >= 0.3 is 0 Å². The van der Waals surface area contributed by atoms with Crippen LogP contribution in [0.25, 0.3) is 10.8 Å². The van der Waals surface area contributed by atoms with Gasteiger partial charge in [0.1, 0.15) is 0 Å². The van der Waals surface area contributed by atoms with Crippen LogP contribution in [0.15, 0.2) is 72.8 Å². The highest BCUT2D eigenvalue weighted by molar-refractivity contribution is 6.00. The molecule has 1 fully saturated rings. The molecule has 0 spiro atoms. The third-order valence-corrected chi connectivity index (χ3v) is 4.54. The van der Waals surface area contributed by atoms with Gasteiger partial charge in [0.15, 0.2) is 0 Å². The standard InChI is InChI=1S/C21H18N2O2/c24-20-13-18(14-23(20)19-8-2-1-3-9-19)22-21(25)17-11-10-15-6-4-5-7-16(15)12-17/h1-12,18H,13-14H2,(H,22,25). The van der Waals surface area contributed by atoms with E-state index in [1.54, 1.807) is 4.90 Å². The first-order valence-electron chi connectivity index (χ1n) is 8.36. The molecule has 1 unspecified atom stereocenters. The van der Waals surface area contributed by atoms with Gasteiger partial charge in [-0.2, -0.15) is 0 Å². The van der Waals surface area contributed by atoms with Gasteiger partial charge < -0.3 is 10.2 Å². The Morgan fingerprint density at radius 2 is 1.64 bits per heavy atom. The number of anilines is 1. The van der Waals surface area contributed by atoms with Gasteiger partial charge in [0.05, 0.1) is 6.04 Å². The van der Waals surface area contributed by atoms with Crippen molar-refractivity contribution in [2.45, 2.75) is 12.5 Å². The fraction of sp³-hybridized carbons (Fsp3) is 0.143. The van der Waals surface area contributed by atoms with Gasteiger partial charge in [0, 0.05) is 24.2 Å². The maximum atomic E-state index is 12.6. The first-order chi connectivity index (χ1) is 12.2. The Morgan fingerprint density at radius 3 is 2.44 bits per heavy atom. The van der Waals surface area contributed by atoms with E-state index in [9.17, 15) is 9.59 Å². The number of hydrogen-bond donors (Lipinski definition) is 1. The lowest BCUT2D eigenvalue weighted by molar-refractivity contribution is -0.117. The number of rotatable bonds is 3. The van der Waals surface area contributed by atoms with Crippen molar-refractivity contribution < 1.29 is 9.59 Å². The molecule has 0 bridgehead atoms. The van der Waals surface area contributed by atoms with Gasteiger partial charge in [0.25, 0.3) is 5.91 Å². The van der Waals surface area contributed by atoms with E-state index >= 15 is 0 Å². The van der Waals surface area contributed by atoms with E-state index in [1.807, 2.05) is 72.8 Å². The highest BCUT2D eigenvalue weighted by Gasteiger charge is 2.31. The second kappa shape index (κ2) is 6.40. The summed E-state index contributed by atoms with van der Waals surface area (Å²) in [5, 5.41) is 5.12. The van der Waals surface area contributed by atoms with Crippen molar-refractivity contribution in [2.24, 2.45) is 0 Å². The highest BCUT2D eigenvalue weighted by Crippen LogP contribution is 2.21. The molecule has 1 aliphatic heterocycles. The van der Waals surface area contributed by atoms with Crippen molar-refractivity contribution in [1.82, 2.24) is 5.32 Å². The largest absolute Gasteiger partial charge is 0.347 e. The molecule has 1 saturated heterocycles. The molecule has 1 N–H and O–H groups in total. The molecule has 4 heteroatoms. The maximum absolute atomic E-state index is 12.6. The summed E-state index contributed by atoms with van der Waals surface area (Å²) in [7, 11) is 0. The van der Waals surface area contributed by atoms with Crippen LogP contribution in [0.5, 0.6) is 0 Å². The molecule has 4 nitrogen and oxygen atoms in total. The Labute approximate surface area is 146 Å². The lowest BCUT2D eigenvalue weighted by Gasteiger charge is -2.17. The fourth-order valence-electron chi connectivity index (χ4n) is 3.26. The van der Waals surface area contributed by atoms with E-state index in [1.165, 1.54) is 0 Å². The molecule has 4 rings (SSSR count). The Bertz CT molecular complexity index is 937. The number of nitrogens with zero attached hydrogens (tertiary/aromatic N) is 1. The van der Waals surface area contributed by atoms with Crippen LogP contribution < -0.4 is 10.2 Å². The average molecular weight is 330 g/mol. The first kappa shape index (κ1) is 15.4. The van der Waals surface area contributed by atoms with Gasteiger partial charge in [0.2, 0.25) is 5.91 Å². The summed E-state index contributed by atoms with van der Waals surface area (Å²) in [6.07, 6.45) is 0.328. The summed E-state index contributed by atoms with van der Waals surface area (Å²) in [5.41, 5.74) is 1.49. The van der Waals surface area contributed by atoms with Crippen molar-refractivity contribution in [2.75, 3.05) is 11.4 Å². The normalized spacial score (nSPS) is 17.0. The van der Waals surface area contributed by atoms with Crippen LogP contribution in [-0.4, -0.2) is 24.4 Å². The van der Waals surface area contributed by atoms with Crippen LogP contribution in [0.4, 0.5) is 5.69 Å². The summed E-state index contributed by atoms with van der Waals surface area (Å²) in [6.45, 7) is 0.502. The van der Waals surface area contributed by atoms with E-state index < -0.39 is 0 Å². The number of hydrogen-bond acceptors (Lipinski definition) is 2. The highest BCUT2D eigenvalue weighted by atomic mass is 16.2. The van der Waals surface area contributed by atoms with E-state index in [-0.39, 0.29) is 17.9 Å². The molecule has 1 atom stereocenters. The second-order valence-electron chi connectivity index (χ2n) is 6.28. The van der Waals surface area contributed by atoms with E-state index in [2.05, 4.69) is 5.32 Å². The van der Waals surface area contributed by atoms with Crippen molar-refractivity contribution >= 4 is 28.3 Å². The molecule has 2 amide bonds. The molecule has 124 valence electrons. The quantitative estimate of drug-likeness (QED) is 0.800. The molecule has 0 radical (unpaired) electrons. The van der Waals surface area contributed by atoms with Crippen LogP contribution in [0, 0.1) is 0 Å². The van der Waals surface area contributed by atoms with Crippen molar-refractivity contribution in [1.29, 1.82) is 0 Å². The van der Waals surface area contributed by atoms with Crippen LogP contribution in [0.1, 0.15) is 16.8 Å². The number of carbonyl (C=O) groups excluding carboxylic acids is 2. The molecule has 0 aliphatic carbocycles. The SMILES string of the molecule is O=C(NC1CC(=O)N(c2ccccc2)C1)c1ccc2ccccc2c1. The number of fused-ring (bicyclic) bond motifs is 1. The maximum Gasteiger partial charge on any atom is 0.251 e. The first-order valence-corrected chi connectivity index (χ1v) is 8.36. The number of carbonyl (C=O) groups is 2. The Hall–Kier alpha value is -3.14. The molecule has 0 saturated carbocycles. The van der Waals surface area contributed by atoms with Crippen molar-refractivity contribution in [3.63, 3.8) is 0 Å². The Balaban J connectivity index is 1.48.